The molecule has 0 fully saturated rings. The van der Waals surface area contributed by atoms with Crippen LogP contribution in [0.2, 0.25) is 0 Å². The second-order valence-electron chi connectivity index (χ2n) is 3.71. The van der Waals surface area contributed by atoms with Gasteiger partial charge in [0.1, 0.15) is 6.61 Å². The molecule has 0 aliphatic heterocycles. The minimum absolute atomic E-state index is 0.354. The minimum atomic E-state index is -1.26. The first-order chi connectivity index (χ1) is 9.31. The van der Waals surface area contributed by atoms with E-state index >= 15 is 0 Å². The lowest BCUT2D eigenvalue weighted by molar-refractivity contribution is -0.179. The quantitative estimate of drug-likeness (QED) is 0.348. The average molecular weight is 355 g/mol. The molecule has 0 heterocycles. The number of halogens is 1. The van der Waals surface area contributed by atoms with Gasteiger partial charge in [-0.3, -0.25) is 18.2 Å². The number of carbonyl (C=O) groups excluding carboxylic acids is 4. The second-order valence-corrected chi connectivity index (χ2v) is 4.09. The lowest BCUT2D eigenvalue weighted by Crippen LogP contribution is -2.46. The standard InChI is InChI=1S/C11H15BrO8/c1-6(14)17-5-10(18-7(2)15)11(19-8(3)16)9(4-13)20-12/h4,9-11H,5H2,1-3H3/t9-,10-,11+/m1/s1. The van der Waals surface area contributed by atoms with Gasteiger partial charge in [-0.2, -0.15) is 0 Å². The molecule has 0 aliphatic rings. The number of hydrogen-bond donors (Lipinski definition) is 0. The minimum Gasteiger partial charge on any atom is -0.462 e. The third kappa shape index (κ3) is 7.19. The molecule has 0 bridgehead atoms. The maximum atomic E-state index is 11.1. The average Bonchev–Trinajstić information content (AvgIpc) is 2.33. The van der Waals surface area contributed by atoms with Crippen molar-refractivity contribution in [1.29, 1.82) is 0 Å². The van der Waals surface area contributed by atoms with Gasteiger partial charge in [-0.05, 0) is 0 Å². The maximum Gasteiger partial charge on any atom is 0.303 e. The summed E-state index contributed by atoms with van der Waals surface area (Å²) in [6.07, 6.45) is -3.31. The Bertz CT molecular complexity index is 369. The van der Waals surface area contributed by atoms with Gasteiger partial charge in [-0.25, -0.2) is 0 Å². The van der Waals surface area contributed by atoms with Gasteiger partial charge in [0.25, 0.3) is 0 Å². The van der Waals surface area contributed by atoms with Crippen LogP contribution >= 0.6 is 16.3 Å². The Balaban J connectivity index is 5.12. The van der Waals surface area contributed by atoms with Crippen LogP contribution in [0.4, 0.5) is 0 Å². The van der Waals surface area contributed by atoms with Crippen molar-refractivity contribution in [3.63, 3.8) is 0 Å². The molecule has 0 saturated heterocycles. The summed E-state index contributed by atoms with van der Waals surface area (Å²) in [7, 11) is 0. The van der Waals surface area contributed by atoms with Gasteiger partial charge in [-0.1, -0.05) is 0 Å². The van der Waals surface area contributed by atoms with Crippen molar-refractivity contribution in [2.24, 2.45) is 0 Å². The maximum absolute atomic E-state index is 11.1. The van der Waals surface area contributed by atoms with E-state index < -0.39 is 36.2 Å². The smallest absolute Gasteiger partial charge is 0.303 e. The molecule has 0 radical (unpaired) electrons. The van der Waals surface area contributed by atoms with Gasteiger partial charge < -0.3 is 19.0 Å². The Morgan fingerprint density at radius 3 is 1.95 bits per heavy atom. The van der Waals surface area contributed by atoms with Crippen molar-refractivity contribution in [2.75, 3.05) is 6.61 Å². The van der Waals surface area contributed by atoms with E-state index in [1.807, 2.05) is 0 Å². The summed E-state index contributed by atoms with van der Waals surface area (Å²) in [6, 6.07) is 0. The summed E-state index contributed by atoms with van der Waals surface area (Å²) in [5.74, 6) is -2.03. The summed E-state index contributed by atoms with van der Waals surface area (Å²) >= 11 is 2.61. The molecular weight excluding hydrogens is 340 g/mol. The molecule has 0 aliphatic carbocycles. The Morgan fingerprint density at radius 2 is 1.60 bits per heavy atom. The molecule has 0 amide bonds. The number of carbonyl (C=O) groups is 4. The fraction of sp³-hybridized carbons (Fsp3) is 0.636. The molecule has 0 saturated carbocycles. The summed E-state index contributed by atoms with van der Waals surface area (Å²) in [5.41, 5.74) is 0. The van der Waals surface area contributed by atoms with Gasteiger partial charge in [0, 0.05) is 20.8 Å². The number of hydrogen-bond acceptors (Lipinski definition) is 8. The van der Waals surface area contributed by atoms with Crippen molar-refractivity contribution < 1.29 is 37.2 Å². The normalized spacial score (nSPS) is 14.6. The first-order valence-corrected chi connectivity index (χ1v) is 6.17. The number of rotatable bonds is 8. The molecule has 9 heteroatoms. The Hall–Kier alpha value is -1.48. The largest absolute Gasteiger partial charge is 0.462 e. The summed E-state index contributed by atoms with van der Waals surface area (Å²) in [4.78, 5) is 43.8. The third-order valence-electron chi connectivity index (χ3n) is 2.00. The zero-order valence-electron chi connectivity index (χ0n) is 11.2. The Kier molecular flexibility index (Phi) is 8.73. The number of aldehydes is 1. The molecule has 0 rings (SSSR count). The Labute approximate surface area is 124 Å². The molecule has 20 heavy (non-hydrogen) atoms. The predicted octanol–water partition coefficient (Wildman–Crippen LogP) is 0.307. The molecule has 8 nitrogen and oxygen atoms in total. The second kappa shape index (κ2) is 9.43. The first kappa shape index (κ1) is 18.5. The van der Waals surface area contributed by atoms with E-state index in [4.69, 9.17) is 14.2 Å². The summed E-state index contributed by atoms with van der Waals surface area (Å²) in [6.45, 7) is 3.01. The van der Waals surface area contributed by atoms with Crippen LogP contribution in [-0.2, 0) is 37.2 Å². The van der Waals surface area contributed by atoms with Crippen molar-refractivity contribution in [3.8, 4) is 0 Å². The topological polar surface area (TPSA) is 105 Å². The van der Waals surface area contributed by atoms with E-state index in [0.717, 1.165) is 20.8 Å². The highest BCUT2D eigenvalue weighted by Gasteiger charge is 2.36. The molecule has 0 spiro atoms. The molecule has 0 N–H and O–H groups in total. The summed E-state index contributed by atoms with van der Waals surface area (Å²) < 4.78 is 19.2. The van der Waals surface area contributed by atoms with Gasteiger partial charge in [0.05, 0.1) is 16.3 Å². The highest BCUT2D eigenvalue weighted by molar-refractivity contribution is 9.06. The van der Waals surface area contributed by atoms with Gasteiger partial charge in [0.2, 0.25) is 0 Å². The monoisotopic (exact) mass is 354 g/mol. The van der Waals surface area contributed by atoms with Gasteiger partial charge in [0.15, 0.2) is 24.6 Å². The van der Waals surface area contributed by atoms with E-state index in [-0.39, 0.29) is 6.61 Å². The van der Waals surface area contributed by atoms with Crippen LogP contribution in [0.1, 0.15) is 20.8 Å². The number of ether oxygens (including phenoxy) is 3. The van der Waals surface area contributed by atoms with Gasteiger partial charge >= 0.3 is 17.9 Å². The highest BCUT2D eigenvalue weighted by Crippen LogP contribution is 2.15. The van der Waals surface area contributed by atoms with Crippen LogP contribution in [0.25, 0.3) is 0 Å². The Morgan fingerprint density at radius 1 is 1.05 bits per heavy atom. The van der Waals surface area contributed by atoms with Crippen LogP contribution in [0, 0.1) is 0 Å². The third-order valence-corrected chi connectivity index (χ3v) is 2.43. The highest BCUT2D eigenvalue weighted by atomic mass is 79.9. The van der Waals surface area contributed by atoms with Crippen LogP contribution in [-0.4, -0.2) is 49.1 Å². The van der Waals surface area contributed by atoms with Crippen LogP contribution < -0.4 is 0 Å². The zero-order valence-corrected chi connectivity index (χ0v) is 12.7. The van der Waals surface area contributed by atoms with Gasteiger partial charge in [-0.15, -0.1) is 0 Å². The molecule has 0 aromatic heterocycles. The number of esters is 3. The predicted molar refractivity (Wildman–Crippen MR) is 67.6 cm³/mol. The van der Waals surface area contributed by atoms with Crippen molar-refractivity contribution in [2.45, 2.75) is 39.1 Å². The fourth-order valence-corrected chi connectivity index (χ4v) is 1.60. The zero-order chi connectivity index (χ0) is 15.7. The van der Waals surface area contributed by atoms with E-state index in [1.54, 1.807) is 0 Å². The van der Waals surface area contributed by atoms with Crippen molar-refractivity contribution in [1.82, 2.24) is 0 Å². The summed E-state index contributed by atoms with van der Waals surface area (Å²) in [5, 5.41) is 0. The van der Waals surface area contributed by atoms with E-state index in [1.165, 1.54) is 0 Å². The van der Waals surface area contributed by atoms with E-state index in [9.17, 15) is 19.2 Å². The van der Waals surface area contributed by atoms with Crippen LogP contribution in [0.5, 0.6) is 0 Å². The van der Waals surface area contributed by atoms with E-state index in [2.05, 4.69) is 20.1 Å². The molecule has 0 unspecified atom stereocenters. The molecule has 114 valence electrons. The lowest BCUT2D eigenvalue weighted by Gasteiger charge is -2.28. The fourth-order valence-electron chi connectivity index (χ4n) is 1.30. The van der Waals surface area contributed by atoms with Crippen LogP contribution in [0.3, 0.4) is 0 Å². The molecule has 0 aromatic carbocycles. The van der Waals surface area contributed by atoms with Crippen molar-refractivity contribution >= 4 is 40.5 Å². The van der Waals surface area contributed by atoms with Crippen molar-refractivity contribution in [3.05, 3.63) is 0 Å². The SMILES string of the molecule is CC(=O)OC[C@@H](OC(C)=O)[C@@H](OC(C)=O)[C@@H](C=O)OBr. The molecular formula is C11H15BrO8. The first-order valence-electron chi connectivity index (χ1n) is 5.52. The molecule has 0 aromatic rings. The molecule has 3 atom stereocenters. The van der Waals surface area contributed by atoms with E-state index in [0.29, 0.717) is 6.29 Å². The lowest BCUT2D eigenvalue weighted by atomic mass is 10.1. The van der Waals surface area contributed by atoms with Crippen LogP contribution in [0.15, 0.2) is 0 Å².